The van der Waals surface area contributed by atoms with Gasteiger partial charge in [0, 0.05) is 0 Å². The highest BCUT2D eigenvalue weighted by atomic mass is 32.2. The molecule has 2 aromatic rings. The molecule has 0 spiro atoms. The van der Waals surface area contributed by atoms with Crippen LogP contribution in [0.4, 0.5) is 5.69 Å². The van der Waals surface area contributed by atoms with Crippen LogP contribution < -0.4 is 4.72 Å². The molecule has 1 aliphatic carbocycles. The summed E-state index contributed by atoms with van der Waals surface area (Å²) in [7, 11) is -3.82. The topological polar surface area (TPSA) is 83.6 Å². The summed E-state index contributed by atoms with van der Waals surface area (Å²) in [5.41, 5.74) is 3.66. The number of hydrogen-bond donors (Lipinski definition) is 1. The van der Waals surface area contributed by atoms with Crippen molar-refractivity contribution in [2.45, 2.75) is 57.9 Å². The van der Waals surface area contributed by atoms with Crippen molar-refractivity contribution in [3.8, 4) is 0 Å². The third-order valence-electron chi connectivity index (χ3n) is 6.44. The van der Waals surface area contributed by atoms with Gasteiger partial charge in [-0.15, -0.1) is 0 Å². The third-order valence-corrected chi connectivity index (χ3v) is 7.95. The highest BCUT2D eigenvalue weighted by Crippen LogP contribution is 2.38. The summed E-state index contributed by atoms with van der Waals surface area (Å²) in [5, 5.41) is 0. The third kappa shape index (κ3) is 4.11. The number of sulfonamides is 1. The van der Waals surface area contributed by atoms with Gasteiger partial charge in [0.15, 0.2) is 0 Å². The number of amides is 2. The predicted octanol–water partition coefficient (Wildman–Crippen LogP) is 4.09. The van der Waals surface area contributed by atoms with E-state index in [1.807, 2.05) is 26.0 Å². The number of anilines is 1. The van der Waals surface area contributed by atoms with E-state index in [1.54, 1.807) is 31.2 Å². The molecule has 1 N–H and O–H groups in total. The maximum atomic E-state index is 13.1. The van der Waals surface area contributed by atoms with Gasteiger partial charge in [-0.1, -0.05) is 42.7 Å². The number of aryl methyl sites for hydroxylation is 3. The van der Waals surface area contributed by atoms with Gasteiger partial charge in [-0.05, 0) is 62.4 Å². The molecule has 0 bridgehead atoms. The van der Waals surface area contributed by atoms with Crippen LogP contribution in [0.25, 0.3) is 0 Å². The van der Waals surface area contributed by atoms with Gasteiger partial charge in [-0.25, -0.2) is 8.42 Å². The van der Waals surface area contributed by atoms with Gasteiger partial charge in [0.05, 0.1) is 29.0 Å². The minimum absolute atomic E-state index is 0.108. The lowest BCUT2D eigenvalue weighted by molar-refractivity contribution is -0.140. The largest absolute Gasteiger partial charge is 0.279 e. The van der Waals surface area contributed by atoms with Crippen molar-refractivity contribution in [3.63, 3.8) is 0 Å². The molecule has 2 fully saturated rings. The smallest absolute Gasteiger partial charge is 0.262 e. The highest BCUT2D eigenvalue weighted by molar-refractivity contribution is 7.92. The normalized spacial score (nSPS) is 21.3. The van der Waals surface area contributed by atoms with Crippen molar-refractivity contribution < 1.29 is 18.0 Å². The number of benzene rings is 2. The SMILES string of the molecule is Cc1ccc(NS(=O)(=O)c2cc(CN3C(=O)C4CCCCC4C3=O)ccc2C)c(C)c1. The van der Waals surface area contributed by atoms with Gasteiger partial charge in [0.2, 0.25) is 11.8 Å². The van der Waals surface area contributed by atoms with E-state index in [0.717, 1.165) is 36.8 Å². The van der Waals surface area contributed by atoms with E-state index >= 15 is 0 Å². The number of nitrogens with one attached hydrogen (secondary N) is 1. The highest BCUT2D eigenvalue weighted by Gasteiger charge is 2.47. The van der Waals surface area contributed by atoms with Crippen molar-refractivity contribution in [3.05, 3.63) is 58.7 Å². The molecule has 0 aromatic heterocycles. The lowest BCUT2D eigenvalue weighted by Gasteiger charge is -2.19. The van der Waals surface area contributed by atoms with E-state index in [-0.39, 0.29) is 35.1 Å². The van der Waals surface area contributed by atoms with E-state index in [2.05, 4.69) is 4.72 Å². The summed E-state index contributed by atoms with van der Waals surface area (Å²) in [6.45, 7) is 5.66. The molecule has 6 nitrogen and oxygen atoms in total. The molecule has 0 radical (unpaired) electrons. The lowest BCUT2D eigenvalue weighted by Crippen LogP contribution is -2.30. The average Bonchev–Trinajstić information content (AvgIpc) is 2.96. The van der Waals surface area contributed by atoms with E-state index < -0.39 is 10.0 Å². The molecule has 2 aromatic carbocycles. The molecule has 1 saturated carbocycles. The second kappa shape index (κ2) is 8.11. The standard InChI is InChI=1S/C24H28N2O4S/c1-15-8-11-21(17(3)12-15)25-31(29,30)22-13-18(10-9-16(22)2)14-26-23(27)19-6-4-5-7-20(19)24(26)28/h8-13,19-20,25H,4-7,14H2,1-3H3. The Morgan fingerprint density at radius 1 is 0.903 bits per heavy atom. The fourth-order valence-corrected chi connectivity index (χ4v) is 6.16. The average molecular weight is 441 g/mol. The van der Waals surface area contributed by atoms with E-state index in [1.165, 1.54) is 4.90 Å². The first-order valence-corrected chi connectivity index (χ1v) is 12.2. The molecular formula is C24H28N2O4S. The molecule has 2 unspecified atom stereocenters. The number of imide groups is 1. The predicted molar refractivity (Wildman–Crippen MR) is 119 cm³/mol. The molecule has 31 heavy (non-hydrogen) atoms. The Kier molecular flexibility index (Phi) is 5.64. The summed E-state index contributed by atoms with van der Waals surface area (Å²) in [4.78, 5) is 27.0. The molecule has 2 amide bonds. The monoisotopic (exact) mass is 440 g/mol. The van der Waals surface area contributed by atoms with Gasteiger partial charge < -0.3 is 0 Å². The van der Waals surface area contributed by atoms with Crippen LogP contribution >= 0.6 is 0 Å². The molecule has 164 valence electrons. The Labute approximate surface area is 183 Å². The van der Waals surface area contributed by atoms with E-state index in [0.29, 0.717) is 16.8 Å². The number of carbonyl (C=O) groups is 2. The molecule has 1 heterocycles. The maximum Gasteiger partial charge on any atom is 0.262 e. The van der Waals surface area contributed by atoms with Crippen molar-refractivity contribution in [1.29, 1.82) is 0 Å². The Morgan fingerprint density at radius 3 is 2.16 bits per heavy atom. The Hall–Kier alpha value is -2.67. The van der Waals surface area contributed by atoms with Crippen LogP contribution in [0, 0.1) is 32.6 Å². The lowest BCUT2D eigenvalue weighted by atomic mass is 9.81. The van der Waals surface area contributed by atoms with Gasteiger partial charge in [-0.2, -0.15) is 0 Å². The summed E-state index contributed by atoms with van der Waals surface area (Å²) < 4.78 is 28.9. The summed E-state index contributed by atoms with van der Waals surface area (Å²) in [6.07, 6.45) is 3.48. The summed E-state index contributed by atoms with van der Waals surface area (Å²) in [6, 6.07) is 10.6. The van der Waals surface area contributed by atoms with Gasteiger partial charge >= 0.3 is 0 Å². The molecule has 2 aliphatic rings. The van der Waals surface area contributed by atoms with Crippen molar-refractivity contribution in [2.75, 3.05) is 4.72 Å². The number of fused-ring (bicyclic) bond motifs is 1. The molecule has 1 aliphatic heterocycles. The second-order valence-corrected chi connectivity index (χ2v) is 10.4. The van der Waals surface area contributed by atoms with Crippen LogP contribution in [0.2, 0.25) is 0 Å². The maximum absolute atomic E-state index is 13.1. The summed E-state index contributed by atoms with van der Waals surface area (Å²) >= 11 is 0. The van der Waals surface area contributed by atoms with Crippen molar-refractivity contribution in [1.82, 2.24) is 4.90 Å². The van der Waals surface area contributed by atoms with Gasteiger partial charge in [0.1, 0.15) is 0 Å². The zero-order chi connectivity index (χ0) is 22.3. The Bertz CT molecular complexity index is 1130. The Balaban J connectivity index is 1.60. The fraction of sp³-hybridized carbons (Fsp3) is 0.417. The number of likely N-dealkylation sites (tertiary alicyclic amines) is 1. The molecule has 4 rings (SSSR count). The van der Waals surface area contributed by atoms with Crippen LogP contribution in [0.1, 0.15) is 47.9 Å². The van der Waals surface area contributed by atoms with Crippen molar-refractivity contribution >= 4 is 27.5 Å². The van der Waals surface area contributed by atoms with E-state index in [4.69, 9.17) is 0 Å². The molecular weight excluding hydrogens is 412 g/mol. The zero-order valence-corrected chi connectivity index (χ0v) is 19.0. The van der Waals surface area contributed by atoms with Gasteiger partial charge in [0.25, 0.3) is 10.0 Å². The first-order chi connectivity index (χ1) is 14.7. The van der Waals surface area contributed by atoms with Crippen molar-refractivity contribution in [2.24, 2.45) is 11.8 Å². The van der Waals surface area contributed by atoms with Crippen LogP contribution in [0.3, 0.4) is 0 Å². The fourth-order valence-electron chi connectivity index (χ4n) is 4.73. The molecule has 1 saturated heterocycles. The first kappa shape index (κ1) is 21.6. The summed E-state index contributed by atoms with van der Waals surface area (Å²) in [5.74, 6) is -0.650. The quantitative estimate of drug-likeness (QED) is 0.710. The number of rotatable bonds is 5. The molecule has 7 heteroatoms. The number of nitrogens with zero attached hydrogens (tertiary/aromatic N) is 1. The van der Waals surface area contributed by atoms with E-state index in [9.17, 15) is 18.0 Å². The van der Waals surface area contributed by atoms with Gasteiger partial charge in [-0.3, -0.25) is 19.2 Å². The Morgan fingerprint density at radius 2 is 1.55 bits per heavy atom. The first-order valence-electron chi connectivity index (χ1n) is 10.7. The number of carbonyl (C=O) groups excluding carboxylic acids is 2. The molecule has 2 atom stereocenters. The van der Waals surface area contributed by atoms with Crippen LogP contribution in [-0.2, 0) is 26.2 Å². The number of hydrogen-bond acceptors (Lipinski definition) is 4. The van der Waals surface area contributed by atoms with Crippen LogP contribution in [0.5, 0.6) is 0 Å². The minimum atomic E-state index is -3.82. The van der Waals surface area contributed by atoms with Crippen LogP contribution in [0.15, 0.2) is 41.3 Å². The second-order valence-electron chi connectivity index (χ2n) is 8.78. The minimum Gasteiger partial charge on any atom is -0.279 e. The van der Waals surface area contributed by atoms with Crippen LogP contribution in [-0.4, -0.2) is 25.1 Å². The zero-order valence-electron chi connectivity index (χ0n) is 18.1.